The van der Waals surface area contributed by atoms with Gasteiger partial charge in [0.1, 0.15) is 10.0 Å². The Kier molecular flexibility index (Phi) is 4.10. The summed E-state index contributed by atoms with van der Waals surface area (Å²) in [6.45, 7) is -0.230. The van der Waals surface area contributed by atoms with Crippen LogP contribution < -0.4 is 4.72 Å². The molecule has 0 saturated heterocycles. The zero-order valence-electron chi connectivity index (χ0n) is 9.43. The van der Waals surface area contributed by atoms with Gasteiger partial charge in [0.05, 0.1) is 12.3 Å². The molecule has 0 aliphatic rings. The van der Waals surface area contributed by atoms with Crippen molar-refractivity contribution in [2.45, 2.75) is 10.8 Å². The fourth-order valence-corrected chi connectivity index (χ4v) is 3.88. The van der Waals surface area contributed by atoms with Crippen LogP contribution >= 0.6 is 22.9 Å². The standard InChI is InChI=1S/C11H9ClFNO3S2/c12-7-3-8(13)5-9(4-7)14-19(16,17)11-2-1-10(6-15)18-11/h1-5,14-15H,6H2. The first kappa shape index (κ1) is 14.3. The van der Waals surface area contributed by atoms with Crippen molar-refractivity contribution >= 4 is 38.6 Å². The van der Waals surface area contributed by atoms with Crippen molar-refractivity contribution in [2.24, 2.45) is 0 Å². The zero-order chi connectivity index (χ0) is 14.0. The third kappa shape index (κ3) is 3.44. The number of rotatable bonds is 4. The number of anilines is 1. The second kappa shape index (κ2) is 5.46. The summed E-state index contributed by atoms with van der Waals surface area (Å²) < 4.78 is 39.4. The number of halogens is 2. The van der Waals surface area contributed by atoms with E-state index in [0.29, 0.717) is 4.88 Å². The van der Waals surface area contributed by atoms with Gasteiger partial charge in [0, 0.05) is 9.90 Å². The lowest BCUT2D eigenvalue weighted by atomic mass is 10.3. The predicted molar refractivity (Wildman–Crippen MR) is 72.5 cm³/mol. The van der Waals surface area contributed by atoms with E-state index in [2.05, 4.69) is 4.72 Å². The number of hydrogen-bond acceptors (Lipinski definition) is 4. The highest BCUT2D eigenvalue weighted by molar-refractivity contribution is 7.94. The second-order valence-corrected chi connectivity index (χ2v) is 7.16. The maximum absolute atomic E-state index is 13.1. The van der Waals surface area contributed by atoms with Gasteiger partial charge in [0.2, 0.25) is 0 Å². The molecule has 0 aliphatic carbocycles. The van der Waals surface area contributed by atoms with E-state index in [1.165, 1.54) is 18.2 Å². The quantitative estimate of drug-likeness (QED) is 0.910. The minimum atomic E-state index is -3.80. The van der Waals surface area contributed by atoms with Crippen molar-refractivity contribution in [3.8, 4) is 0 Å². The van der Waals surface area contributed by atoms with Crippen LogP contribution in [0.4, 0.5) is 10.1 Å². The van der Waals surface area contributed by atoms with Crippen LogP contribution in [0.25, 0.3) is 0 Å². The van der Waals surface area contributed by atoms with Gasteiger partial charge in [-0.25, -0.2) is 12.8 Å². The fourth-order valence-electron chi connectivity index (χ4n) is 1.41. The van der Waals surface area contributed by atoms with E-state index in [-0.39, 0.29) is 21.5 Å². The molecule has 19 heavy (non-hydrogen) atoms. The number of sulfonamides is 1. The monoisotopic (exact) mass is 321 g/mol. The van der Waals surface area contributed by atoms with Gasteiger partial charge in [-0.3, -0.25) is 4.72 Å². The SMILES string of the molecule is O=S(=O)(Nc1cc(F)cc(Cl)c1)c1ccc(CO)s1. The molecule has 2 aromatic rings. The molecule has 0 unspecified atom stereocenters. The molecule has 1 heterocycles. The normalized spacial score (nSPS) is 11.5. The van der Waals surface area contributed by atoms with Crippen molar-refractivity contribution in [3.05, 3.63) is 46.0 Å². The molecule has 0 bridgehead atoms. The summed E-state index contributed by atoms with van der Waals surface area (Å²) in [6, 6.07) is 6.30. The van der Waals surface area contributed by atoms with Crippen molar-refractivity contribution in [3.63, 3.8) is 0 Å². The van der Waals surface area contributed by atoms with Crippen molar-refractivity contribution in [2.75, 3.05) is 4.72 Å². The Morgan fingerprint density at radius 1 is 1.32 bits per heavy atom. The van der Waals surface area contributed by atoms with Crippen molar-refractivity contribution in [1.82, 2.24) is 0 Å². The Balaban J connectivity index is 2.30. The van der Waals surface area contributed by atoms with E-state index < -0.39 is 15.8 Å². The first-order valence-electron chi connectivity index (χ1n) is 5.09. The van der Waals surface area contributed by atoms with E-state index in [4.69, 9.17) is 16.7 Å². The fraction of sp³-hybridized carbons (Fsp3) is 0.0909. The molecule has 0 saturated carbocycles. The van der Waals surface area contributed by atoms with Gasteiger partial charge in [0.15, 0.2) is 0 Å². The van der Waals surface area contributed by atoms with Gasteiger partial charge in [0.25, 0.3) is 10.0 Å². The van der Waals surface area contributed by atoms with Crippen LogP contribution in [0.5, 0.6) is 0 Å². The molecule has 0 radical (unpaired) electrons. The van der Waals surface area contributed by atoms with E-state index in [0.717, 1.165) is 23.5 Å². The van der Waals surface area contributed by atoms with Crippen LogP contribution in [0.3, 0.4) is 0 Å². The first-order valence-corrected chi connectivity index (χ1v) is 7.77. The Morgan fingerprint density at radius 2 is 2.05 bits per heavy atom. The van der Waals surface area contributed by atoms with E-state index >= 15 is 0 Å². The minimum absolute atomic E-state index is 0.0388. The maximum atomic E-state index is 13.1. The topological polar surface area (TPSA) is 66.4 Å². The van der Waals surface area contributed by atoms with Crippen LogP contribution in [0.2, 0.25) is 5.02 Å². The first-order chi connectivity index (χ1) is 8.90. The number of thiophene rings is 1. The highest BCUT2D eigenvalue weighted by Gasteiger charge is 2.17. The highest BCUT2D eigenvalue weighted by atomic mass is 35.5. The second-order valence-electron chi connectivity index (χ2n) is 3.64. The third-order valence-electron chi connectivity index (χ3n) is 2.17. The Bertz CT molecular complexity index is 679. The summed E-state index contributed by atoms with van der Waals surface area (Å²) in [5.74, 6) is -0.632. The van der Waals surface area contributed by atoms with Gasteiger partial charge in [-0.15, -0.1) is 11.3 Å². The van der Waals surface area contributed by atoms with Crippen LogP contribution in [-0.4, -0.2) is 13.5 Å². The summed E-state index contributed by atoms with van der Waals surface area (Å²) in [7, 11) is -3.80. The molecule has 2 rings (SSSR count). The summed E-state index contributed by atoms with van der Waals surface area (Å²) in [5.41, 5.74) is 0.0453. The van der Waals surface area contributed by atoms with Gasteiger partial charge >= 0.3 is 0 Å². The molecule has 1 aromatic carbocycles. The summed E-state index contributed by atoms with van der Waals surface area (Å²) in [6.07, 6.45) is 0. The number of hydrogen-bond donors (Lipinski definition) is 2. The van der Waals surface area contributed by atoms with Gasteiger partial charge in [-0.2, -0.15) is 0 Å². The zero-order valence-corrected chi connectivity index (χ0v) is 11.8. The summed E-state index contributed by atoms with van der Waals surface area (Å²) >= 11 is 6.59. The molecule has 1 aromatic heterocycles. The van der Waals surface area contributed by atoms with Gasteiger partial charge in [-0.05, 0) is 30.3 Å². The number of nitrogens with one attached hydrogen (secondary N) is 1. The molecular formula is C11H9ClFNO3S2. The lowest BCUT2D eigenvalue weighted by Crippen LogP contribution is -2.11. The van der Waals surface area contributed by atoms with Gasteiger partial charge < -0.3 is 5.11 Å². The minimum Gasteiger partial charge on any atom is -0.391 e. The van der Waals surface area contributed by atoms with E-state index in [9.17, 15) is 12.8 Å². The maximum Gasteiger partial charge on any atom is 0.271 e. The van der Waals surface area contributed by atoms with E-state index in [1.54, 1.807) is 0 Å². The highest BCUT2D eigenvalue weighted by Crippen LogP contribution is 2.25. The predicted octanol–water partition coefficient (Wildman–Crippen LogP) is 2.83. The lowest BCUT2D eigenvalue weighted by molar-refractivity contribution is 0.285. The summed E-state index contributed by atoms with van der Waals surface area (Å²) in [5, 5.41) is 9.00. The van der Waals surface area contributed by atoms with Crippen molar-refractivity contribution < 1.29 is 17.9 Å². The molecule has 102 valence electrons. The lowest BCUT2D eigenvalue weighted by Gasteiger charge is -2.06. The molecule has 4 nitrogen and oxygen atoms in total. The largest absolute Gasteiger partial charge is 0.391 e. The molecule has 0 fully saturated rings. The molecule has 0 atom stereocenters. The summed E-state index contributed by atoms with van der Waals surface area (Å²) in [4.78, 5) is 0.526. The Morgan fingerprint density at radius 3 is 2.63 bits per heavy atom. The number of aliphatic hydroxyl groups is 1. The molecule has 8 heteroatoms. The smallest absolute Gasteiger partial charge is 0.271 e. The van der Waals surface area contributed by atoms with Crippen LogP contribution in [0.15, 0.2) is 34.5 Å². The van der Waals surface area contributed by atoms with E-state index in [1.807, 2.05) is 0 Å². The molecule has 0 spiro atoms. The van der Waals surface area contributed by atoms with Crippen molar-refractivity contribution in [1.29, 1.82) is 0 Å². The number of benzene rings is 1. The van der Waals surface area contributed by atoms with Crippen LogP contribution in [-0.2, 0) is 16.6 Å². The molecule has 2 N–H and O–H groups in total. The molecule has 0 amide bonds. The average molecular weight is 322 g/mol. The van der Waals surface area contributed by atoms with Gasteiger partial charge in [-0.1, -0.05) is 11.6 Å². The molecule has 0 aliphatic heterocycles. The Labute approximate surface area is 118 Å². The van der Waals surface area contributed by atoms with Crippen LogP contribution in [0, 0.1) is 5.82 Å². The average Bonchev–Trinajstić information content (AvgIpc) is 2.75. The Hall–Kier alpha value is -1.15. The molecular weight excluding hydrogens is 313 g/mol. The number of aliphatic hydroxyl groups excluding tert-OH is 1. The van der Waals surface area contributed by atoms with Crippen LogP contribution in [0.1, 0.15) is 4.88 Å². The third-order valence-corrected chi connectivity index (χ3v) is 5.33.